The molecule has 6 unspecified atom stereocenters. The van der Waals surface area contributed by atoms with Gasteiger partial charge in [0.2, 0.25) is 0 Å². The Morgan fingerprint density at radius 2 is 0.955 bits per heavy atom. The maximum atomic E-state index is 13.8. The SMILES string of the molecule is CCCCc1nc2c(N)nc3ccccc3c2n1Cc1ccc(C(=O)NCCCNCCCCNCCCNCCC(CCC(C)CCCC(C)CCCC(C)CCCC(C)C)(CCC(C)CCCC(C)CCCC(C)CCCC(C)C)P(=O)(O)O)cc1. The molecule has 0 bridgehead atoms. The van der Waals surface area contributed by atoms with E-state index in [4.69, 9.17) is 10.7 Å². The minimum absolute atomic E-state index is 0.0578. The highest BCUT2D eigenvalue weighted by atomic mass is 31.2. The molecule has 6 atom stereocenters. The number of carbonyl (C=O) groups is 1. The highest BCUT2D eigenvalue weighted by Crippen LogP contribution is 2.58. The number of aromatic nitrogens is 3. The number of benzene rings is 2. The van der Waals surface area contributed by atoms with Crippen LogP contribution in [0.1, 0.15) is 284 Å². The van der Waals surface area contributed by atoms with E-state index in [1.165, 1.54) is 103 Å². The van der Waals surface area contributed by atoms with E-state index >= 15 is 0 Å². The van der Waals surface area contributed by atoms with Crippen LogP contribution in [0.3, 0.4) is 0 Å². The van der Waals surface area contributed by atoms with Gasteiger partial charge in [-0.2, -0.15) is 0 Å². The maximum absolute atomic E-state index is 13.8. The van der Waals surface area contributed by atoms with Crippen molar-refractivity contribution in [2.24, 2.45) is 47.3 Å². The highest BCUT2D eigenvalue weighted by Gasteiger charge is 2.45. The molecule has 2 heterocycles. The number of pyridine rings is 1. The van der Waals surface area contributed by atoms with Gasteiger partial charge in [-0.15, -0.1) is 0 Å². The summed E-state index contributed by atoms with van der Waals surface area (Å²) in [5.41, 5.74) is 10.8. The molecule has 0 spiro atoms. The van der Waals surface area contributed by atoms with Gasteiger partial charge in [0.1, 0.15) is 11.3 Å². The fourth-order valence-corrected chi connectivity index (χ4v) is 14.6. The van der Waals surface area contributed by atoms with E-state index in [1.807, 2.05) is 42.5 Å². The molecule has 1 amide bonds. The smallest absolute Gasteiger partial charge is 0.331 e. The molecule has 0 aliphatic heterocycles. The second-order valence-corrected chi connectivity index (χ2v) is 31.2. The Bertz CT molecular complexity index is 2460. The summed E-state index contributed by atoms with van der Waals surface area (Å²) in [6, 6.07) is 16.0. The van der Waals surface area contributed by atoms with Crippen LogP contribution >= 0.6 is 7.60 Å². The van der Waals surface area contributed by atoms with Gasteiger partial charge in [0.15, 0.2) is 5.82 Å². The van der Waals surface area contributed by atoms with Crippen molar-refractivity contribution in [2.75, 3.05) is 51.5 Å². The molecule has 4 aromatic rings. The maximum Gasteiger partial charge on any atom is 0.331 e. The average Bonchev–Trinajstić information content (AvgIpc) is 1.59. The van der Waals surface area contributed by atoms with Crippen LogP contribution in [0.2, 0.25) is 0 Å². The molecule has 502 valence electrons. The van der Waals surface area contributed by atoms with E-state index in [-0.39, 0.29) is 5.91 Å². The highest BCUT2D eigenvalue weighted by molar-refractivity contribution is 7.53. The number of carbonyl (C=O) groups excluding carboxylic acids is 1. The lowest BCUT2D eigenvalue weighted by atomic mass is 9.84. The predicted molar refractivity (Wildman–Crippen MR) is 379 cm³/mol. The summed E-state index contributed by atoms with van der Waals surface area (Å²) in [6.45, 7) is 32.3. The molecule has 0 saturated heterocycles. The van der Waals surface area contributed by atoms with Crippen molar-refractivity contribution < 1.29 is 19.1 Å². The first-order valence-electron chi connectivity index (χ1n) is 36.3. The molecular formula is C75H133N8O4P. The fourth-order valence-electron chi connectivity index (χ4n) is 13.3. The van der Waals surface area contributed by atoms with Gasteiger partial charge in [-0.1, -0.05) is 228 Å². The van der Waals surface area contributed by atoms with Crippen LogP contribution < -0.4 is 27.0 Å². The molecule has 0 saturated carbocycles. The normalized spacial score (nSPS) is 15.1. The first-order chi connectivity index (χ1) is 42.2. The number of anilines is 1. The van der Waals surface area contributed by atoms with Crippen LogP contribution in [-0.4, -0.2) is 81.2 Å². The summed E-state index contributed by atoms with van der Waals surface area (Å²) in [7, 11) is -4.38. The molecule has 0 aliphatic carbocycles. The summed E-state index contributed by atoms with van der Waals surface area (Å²) in [6.07, 6.45) is 33.8. The quantitative estimate of drug-likeness (QED) is 0.0166. The zero-order valence-electron chi connectivity index (χ0n) is 58.2. The molecule has 0 radical (unpaired) electrons. The van der Waals surface area contributed by atoms with Crippen molar-refractivity contribution in [3.05, 3.63) is 65.5 Å². The van der Waals surface area contributed by atoms with Gasteiger partial charge in [0.05, 0.1) is 16.2 Å². The van der Waals surface area contributed by atoms with Gasteiger partial charge in [0, 0.05) is 30.5 Å². The second kappa shape index (κ2) is 43.4. The Hall–Kier alpha value is -3.38. The second-order valence-electron chi connectivity index (χ2n) is 29.1. The van der Waals surface area contributed by atoms with Gasteiger partial charge in [-0.05, 0) is 175 Å². The average molecular weight is 1240 g/mol. The lowest BCUT2D eigenvalue weighted by Crippen LogP contribution is -2.35. The molecule has 88 heavy (non-hydrogen) atoms. The number of para-hydroxylation sites is 1. The Morgan fingerprint density at radius 3 is 1.42 bits per heavy atom. The Labute approximate surface area is 538 Å². The number of aryl methyl sites for hydroxylation is 1. The molecule has 0 fully saturated rings. The molecule has 4 rings (SSSR count). The number of hydrogen-bond acceptors (Lipinski definition) is 8. The minimum Gasteiger partial charge on any atom is -0.382 e. The van der Waals surface area contributed by atoms with Gasteiger partial charge < -0.3 is 41.4 Å². The van der Waals surface area contributed by atoms with E-state index in [0.29, 0.717) is 62.1 Å². The van der Waals surface area contributed by atoms with Crippen LogP contribution in [0.4, 0.5) is 5.82 Å². The van der Waals surface area contributed by atoms with Crippen molar-refractivity contribution in [3.8, 4) is 0 Å². The zero-order valence-corrected chi connectivity index (χ0v) is 59.1. The molecule has 0 aliphatic rings. The van der Waals surface area contributed by atoms with Gasteiger partial charge in [-0.3, -0.25) is 9.36 Å². The summed E-state index contributed by atoms with van der Waals surface area (Å²) < 4.78 is 16.0. The summed E-state index contributed by atoms with van der Waals surface area (Å²) in [4.78, 5) is 45.2. The van der Waals surface area contributed by atoms with E-state index < -0.39 is 12.8 Å². The number of amides is 1. The van der Waals surface area contributed by atoms with Crippen LogP contribution in [0.5, 0.6) is 0 Å². The predicted octanol–water partition coefficient (Wildman–Crippen LogP) is 18.6. The van der Waals surface area contributed by atoms with Gasteiger partial charge >= 0.3 is 7.60 Å². The van der Waals surface area contributed by atoms with E-state index in [1.54, 1.807) is 0 Å². The minimum atomic E-state index is -4.38. The van der Waals surface area contributed by atoms with Crippen LogP contribution in [0.15, 0.2) is 48.5 Å². The summed E-state index contributed by atoms with van der Waals surface area (Å²) in [5, 5.41) is 13.9. The van der Waals surface area contributed by atoms with Crippen LogP contribution in [0, 0.1) is 47.3 Å². The molecule has 12 nitrogen and oxygen atoms in total. The fraction of sp³-hybridized carbons (Fsp3) is 0.773. The van der Waals surface area contributed by atoms with Crippen molar-refractivity contribution in [1.82, 2.24) is 35.8 Å². The molecule has 2 aromatic heterocycles. The van der Waals surface area contributed by atoms with E-state index in [0.717, 1.165) is 172 Å². The van der Waals surface area contributed by atoms with Crippen LogP contribution in [0.25, 0.3) is 21.9 Å². The third-order valence-corrected chi connectivity index (χ3v) is 21.5. The number of imidazole rings is 1. The lowest BCUT2D eigenvalue weighted by Gasteiger charge is -2.36. The van der Waals surface area contributed by atoms with E-state index in [2.05, 4.69) is 113 Å². The standard InChI is InChI=1S/C75H133N8O4P/c1-12-13-40-70-82-71-72(68-38-14-15-39-69(68)81-73(71)76)83(70)57-66-41-43-67(44-42-66)74(84)80-55-25-54-78-51-17-16-50-77-52-24-53-79-56-49-75(88(85,86)87,47-45-64(10)36-22-34-62(8)32-20-30-60(6)28-18-26-58(2)3)48-46-65(11)37-23-35-63(9)33-21-31-61(7)29-19-27-59(4)5/h14-15,38-39,41-44,58-65,77-79H,12-13,16-37,40,45-57H2,1-11H3,(H2,76,81)(H,80,84)(H2,85,86,87). The Morgan fingerprint density at radius 1 is 0.523 bits per heavy atom. The first kappa shape index (κ1) is 77.1. The molecule has 8 N–H and O–H groups in total. The first-order valence-corrected chi connectivity index (χ1v) is 37.9. The number of nitrogens with one attached hydrogen (secondary N) is 4. The number of hydrogen-bond donors (Lipinski definition) is 7. The van der Waals surface area contributed by atoms with Gasteiger partial charge in [0.25, 0.3) is 5.91 Å². The molecular weight excluding hydrogens is 1110 g/mol. The van der Waals surface area contributed by atoms with Crippen molar-refractivity contribution in [3.63, 3.8) is 0 Å². The third-order valence-electron chi connectivity index (χ3n) is 19.6. The largest absolute Gasteiger partial charge is 0.382 e. The Balaban J connectivity index is 1.12. The van der Waals surface area contributed by atoms with Crippen LogP contribution in [-0.2, 0) is 17.5 Å². The van der Waals surface area contributed by atoms with Crippen molar-refractivity contribution in [2.45, 2.75) is 280 Å². The van der Waals surface area contributed by atoms with Crippen molar-refractivity contribution >= 4 is 41.3 Å². The number of nitrogens with zero attached hydrogens (tertiary/aromatic N) is 3. The zero-order chi connectivity index (χ0) is 64.2. The Kier molecular flexibility index (Phi) is 38.1. The molecule has 2 aromatic carbocycles. The monoisotopic (exact) mass is 1240 g/mol. The summed E-state index contributed by atoms with van der Waals surface area (Å²) in [5.74, 6) is 7.06. The lowest BCUT2D eigenvalue weighted by molar-refractivity contribution is 0.0953. The van der Waals surface area contributed by atoms with Crippen molar-refractivity contribution in [1.29, 1.82) is 0 Å². The molecule has 13 heteroatoms. The number of fused-ring (bicyclic) bond motifs is 3. The summed E-state index contributed by atoms with van der Waals surface area (Å²) >= 11 is 0. The van der Waals surface area contributed by atoms with E-state index in [9.17, 15) is 19.1 Å². The topological polar surface area (TPSA) is 179 Å². The number of nitrogen functional groups attached to an aromatic ring is 1. The number of rotatable bonds is 53. The van der Waals surface area contributed by atoms with Gasteiger partial charge in [-0.25, -0.2) is 9.97 Å². The number of unbranched alkanes of at least 4 members (excludes halogenated alkanes) is 2. The third kappa shape index (κ3) is 30.4. The number of nitrogens with two attached hydrogens (primary N) is 1.